The summed E-state index contributed by atoms with van der Waals surface area (Å²) in [6.45, 7) is 21.1. The summed E-state index contributed by atoms with van der Waals surface area (Å²) >= 11 is 6.12. The highest BCUT2D eigenvalue weighted by Crippen LogP contribution is 2.27. The lowest BCUT2D eigenvalue weighted by Gasteiger charge is -2.26. The zero-order valence-corrected chi connectivity index (χ0v) is 32.5. The van der Waals surface area contributed by atoms with E-state index in [1.807, 2.05) is 92.3 Å². The summed E-state index contributed by atoms with van der Waals surface area (Å²) in [5, 5.41) is 2.42. The van der Waals surface area contributed by atoms with Crippen LogP contribution in [0.3, 0.4) is 0 Å². The molecule has 0 spiro atoms. The third-order valence-corrected chi connectivity index (χ3v) is 8.75. The maximum atomic E-state index is 12.3. The number of fused-ring (bicyclic) bond motifs is 2. The molecule has 4 aromatic rings. The van der Waals surface area contributed by atoms with Gasteiger partial charge < -0.3 is 28.4 Å². The molecular formula is C40H53ClN4O6. The number of hydrogen-bond acceptors (Lipinski definition) is 6. The molecule has 0 fully saturated rings. The molecule has 10 nitrogen and oxygen atoms in total. The van der Waals surface area contributed by atoms with Gasteiger partial charge in [-0.25, -0.2) is 9.59 Å². The molecule has 0 aliphatic carbocycles. The first-order valence-electron chi connectivity index (χ1n) is 17.2. The molecule has 0 saturated heterocycles. The molecule has 0 saturated carbocycles. The summed E-state index contributed by atoms with van der Waals surface area (Å²) in [7, 11) is 3.95. The second kappa shape index (κ2) is 17.1. The zero-order chi connectivity index (χ0) is 38.3. The fraction of sp³-hybridized carbons (Fsp3) is 0.450. The second-order valence-corrected chi connectivity index (χ2v) is 14.8. The van der Waals surface area contributed by atoms with E-state index in [1.54, 1.807) is 28.0 Å². The lowest BCUT2D eigenvalue weighted by molar-refractivity contribution is 0.0251. The largest absolute Gasteiger partial charge is 0.444 e. The number of carbonyl (C=O) groups excluding carboxylic acids is 4. The Morgan fingerprint density at radius 2 is 1.12 bits per heavy atom. The number of aldehydes is 2. The van der Waals surface area contributed by atoms with Crippen molar-refractivity contribution in [2.75, 3.05) is 26.2 Å². The smallest absolute Gasteiger partial charge is 0.410 e. The Kier molecular flexibility index (Phi) is 13.7. The molecule has 0 radical (unpaired) electrons. The van der Waals surface area contributed by atoms with Gasteiger partial charge in [0.2, 0.25) is 0 Å². The second-order valence-electron chi connectivity index (χ2n) is 14.4. The first-order valence-corrected chi connectivity index (χ1v) is 17.6. The van der Waals surface area contributed by atoms with Gasteiger partial charge in [-0.1, -0.05) is 24.3 Å². The van der Waals surface area contributed by atoms with Gasteiger partial charge in [0.1, 0.15) is 11.2 Å². The Morgan fingerprint density at radius 3 is 1.49 bits per heavy atom. The van der Waals surface area contributed by atoms with Crippen LogP contribution in [0.25, 0.3) is 27.9 Å². The highest BCUT2D eigenvalue weighted by Gasteiger charge is 2.23. The number of aromatic nitrogens is 2. The van der Waals surface area contributed by atoms with Crippen molar-refractivity contribution in [2.24, 2.45) is 14.1 Å². The van der Waals surface area contributed by atoms with E-state index in [1.165, 1.54) is 0 Å². The van der Waals surface area contributed by atoms with E-state index < -0.39 is 11.2 Å². The lowest BCUT2D eigenvalue weighted by Crippen LogP contribution is -2.38. The summed E-state index contributed by atoms with van der Waals surface area (Å²) in [5.41, 5.74) is 5.10. The van der Waals surface area contributed by atoms with Gasteiger partial charge in [-0.05, 0) is 97.4 Å². The van der Waals surface area contributed by atoms with Gasteiger partial charge in [-0.3, -0.25) is 9.59 Å². The van der Waals surface area contributed by atoms with Crippen molar-refractivity contribution in [2.45, 2.75) is 79.4 Å². The molecule has 0 aliphatic rings. The van der Waals surface area contributed by atoms with Crippen molar-refractivity contribution in [1.82, 2.24) is 18.9 Å². The fourth-order valence-electron chi connectivity index (χ4n) is 5.67. The van der Waals surface area contributed by atoms with Crippen LogP contribution in [0.2, 0.25) is 5.02 Å². The number of amides is 2. The number of halogens is 1. The lowest BCUT2D eigenvalue weighted by atomic mass is 10.1. The Hall–Kier alpha value is -4.57. The Bertz CT molecular complexity index is 1890. The van der Waals surface area contributed by atoms with Gasteiger partial charge in [0.05, 0.1) is 5.02 Å². The minimum Gasteiger partial charge on any atom is -0.444 e. The molecular weight excluding hydrogens is 668 g/mol. The van der Waals surface area contributed by atoms with Crippen LogP contribution in [-0.2, 0) is 36.4 Å². The van der Waals surface area contributed by atoms with Gasteiger partial charge in [0.25, 0.3) is 0 Å². The number of rotatable bonds is 11. The number of benzene rings is 2. The van der Waals surface area contributed by atoms with E-state index in [0.717, 1.165) is 51.3 Å². The van der Waals surface area contributed by atoms with E-state index in [-0.39, 0.29) is 12.2 Å². The van der Waals surface area contributed by atoms with Crippen LogP contribution in [0.5, 0.6) is 0 Å². The zero-order valence-electron chi connectivity index (χ0n) is 31.8. The summed E-state index contributed by atoms with van der Waals surface area (Å²) < 4.78 is 15.0. The van der Waals surface area contributed by atoms with Crippen molar-refractivity contribution < 1.29 is 28.7 Å². The van der Waals surface area contributed by atoms with Gasteiger partial charge in [-0.2, -0.15) is 0 Å². The first-order chi connectivity index (χ1) is 23.9. The molecule has 4 rings (SSSR count). The van der Waals surface area contributed by atoms with Gasteiger partial charge >= 0.3 is 12.2 Å². The van der Waals surface area contributed by atoms with Crippen molar-refractivity contribution in [3.63, 3.8) is 0 Å². The van der Waals surface area contributed by atoms with Gasteiger partial charge in [0, 0.05) is 97.4 Å². The van der Waals surface area contributed by atoms with Crippen LogP contribution in [0.15, 0.2) is 43.0 Å². The standard InChI is InChI=1S/C21H28N2O3.C19H25ClN2O3/c1-7-15-13-19-16(11-17(15)14-24)12-18(22(19)6)9-10-23(8-2)20(25)26-21(3,4)5;1-6-22(18(24)25-19(2,3)4)8-7-15-10-13-9-14(12-23)16(20)11-17(13)21(15)5/h7,11-14H,1,8-10H2,2-6H3;9-12H,6-8H2,1-5H3. The van der Waals surface area contributed by atoms with Gasteiger partial charge in [-0.15, -0.1) is 0 Å². The fourth-order valence-corrected chi connectivity index (χ4v) is 5.87. The number of aryl methyl sites for hydroxylation is 2. The number of carbonyl (C=O) groups is 4. The van der Waals surface area contributed by atoms with Crippen LogP contribution < -0.4 is 0 Å². The maximum Gasteiger partial charge on any atom is 0.410 e. The predicted octanol–water partition coefficient (Wildman–Crippen LogP) is 8.88. The third-order valence-electron chi connectivity index (χ3n) is 8.42. The molecule has 11 heteroatoms. The van der Waals surface area contributed by atoms with Crippen molar-refractivity contribution in [3.05, 3.63) is 76.1 Å². The van der Waals surface area contributed by atoms with Crippen LogP contribution in [0.4, 0.5) is 9.59 Å². The van der Waals surface area contributed by atoms with Crippen LogP contribution in [-0.4, -0.2) is 81.1 Å². The summed E-state index contributed by atoms with van der Waals surface area (Å²) in [4.78, 5) is 50.2. The first kappa shape index (κ1) is 40.9. The normalized spacial score (nSPS) is 11.5. The highest BCUT2D eigenvalue weighted by molar-refractivity contribution is 6.33. The Balaban J connectivity index is 0.000000276. The van der Waals surface area contributed by atoms with Crippen LogP contribution in [0, 0.1) is 0 Å². The maximum absolute atomic E-state index is 12.3. The molecule has 276 valence electrons. The van der Waals surface area contributed by atoms with E-state index in [2.05, 4.69) is 17.2 Å². The minimum atomic E-state index is -0.508. The predicted molar refractivity (Wildman–Crippen MR) is 206 cm³/mol. The molecule has 0 bridgehead atoms. The summed E-state index contributed by atoms with van der Waals surface area (Å²) in [6, 6.07) is 11.5. The highest BCUT2D eigenvalue weighted by atomic mass is 35.5. The number of likely N-dealkylation sites (N-methyl/N-ethyl adjacent to an activating group) is 2. The topological polar surface area (TPSA) is 103 Å². The number of nitrogens with zero attached hydrogens (tertiary/aromatic N) is 4. The van der Waals surface area contributed by atoms with E-state index in [0.29, 0.717) is 55.2 Å². The van der Waals surface area contributed by atoms with E-state index in [4.69, 9.17) is 21.1 Å². The monoisotopic (exact) mass is 720 g/mol. The van der Waals surface area contributed by atoms with Gasteiger partial charge in [0.15, 0.2) is 12.6 Å². The molecule has 0 unspecified atom stereocenters. The number of ether oxygens (including phenoxy) is 2. The minimum absolute atomic E-state index is 0.295. The average molecular weight is 721 g/mol. The molecule has 0 atom stereocenters. The third kappa shape index (κ3) is 10.7. The Labute approximate surface area is 306 Å². The quantitative estimate of drug-likeness (QED) is 0.143. The summed E-state index contributed by atoms with van der Waals surface area (Å²) in [6.07, 6.45) is 4.10. The van der Waals surface area contributed by atoms with Crippen LogP contribution >= 0.6 is 11.6 Å². The van der Waals surface area contributed by atoms with Crippen molar-refractivity contribution in [1.29, 1.82) is 0 Å². The van der Waals surface area contributed by atoms with Crippen molar-refractivity contribution >= 4 is 64.2 Å². The molecule has 0 aliphatic heterocycles. The SMILES string of the molecule is C=Cc1cc2c(cc1C=O)cc(CCN(CC)C(=O)OC(C)(C)C)n2C.CCN(CCc1cc2cc(C=O)c(Cl)cc2n1C)C(=O)OC(C)(C)C. The molecule has 2 heterocycles. The van der Waals surface area contributed by atoms with Crippen LogP contribution in [0.1, 0.15) is 93.1 Å². The molecule has 2 amide bonds. The van der Waals surface area contributed by atoms with E-state index >= 15 is 0 Å². The molecule has 51 heavy (non-hydrogen) atoms. The van der Waals surface area contributed by atoms with Crippen molar-refractivity contribution in [3.8, 4) is 0 Å². The molecule has 2 aromatic carbocycles. The van der Waals surface area contributed by atoms with E-state index in [9.17, 15) is 19.2 Å². The number of hydrogen-bond donors (Lipinski definition) is 0. The molecule has 0 N–H and O–H groups in total. The Morgan fingerprint density at radius 1 is 0.706 bits per heavy atom. The molecule has 2 aromatic heterocycles. The average Bonchev–Trinajstić information content (AvgIpc) is 3.52. The summed E-state index contributed by atoms with van der Waals surface area (Å²) in [5.74, 6) is 0.